The zero-order chi connectivity index (χ0) is 22.3. The van der Waals surface area contributed by atoms with Gasteiger partial charge >= 0.3 is 0 Å². The molecule has 0 atom stereocenters. The van der Waals surface area contributed by atoms with Gasteiger partial charge in [-0.15, -0.1) is 0 Å². The van der Waals surface area contributed by atoms with Crippen LogP contribution < -0.4 is 4.74 Å². The number of amides is 1. The van der Waals surface area contributed by atoms with Gasteiger partial charge in [-0.25, -0.2) is 0 Å². The summed E-state index contributed by atoms with van der Waals surface area (Å²) in [5, 5.41) is 4.63. The van der Waals surface area contributed by atoms with Crippen LogP contribution in [0.4, 0.5) is 0 Å². The Balaban J connectivity index is 1.24. The molecule has 7 heteroatoms. The summed E-state index contributed by atoms with van der Waals surface area (Å²) in [4.78, 5) is 17.4. The Hall–Kier alpha value is -2.38. The topological polar surface area (TPSA) is 59.8 Å². The fourth-order valence-corrected chi connectivity index (χ4v) is 5.54. The van der Waals surface area contributed by atoms with Gasteiger partial charge in [0.15, 0.2) is 5.69 Å². The molecule has 1 spiro atoms. The highest BCUT2D eigenvalue weighted by molar-refractivity contribution is 5.94. The van der Waals surface area contributed by atoms with Crippen LogP contribution in [0.2, 0.25) is 0 Å². The number of hydrogen-bond acceptors (Lipinski definition) is 5. The van der Waals surface area contributed by atoms with Gasteiger partial charge in [0, 0.05) is 57.4 Å². The van der Waals surface area contributed by atoms with Crippen molar-refractivity contribution in [1.82, 2.24) is 19.6 Å². The number of methoxy groups -OCH3 is 1. The van der Waals surface area contributed by atoms with Gasteiger partial charge in [-0.2, -0.15) is 5.10 Å². The average molecular weight is 439 g/mol. The molecule has 5 rings (SSSR count). The lowest BCUT2D eigenvalue weighted by Crippen LogP contribution is -2.49. The second-order valence-corrected chi connectivity index (χ2v) is 9.63. The second-order valence-electron chi connectivity index (χ2n) is 9.63. The van der Waals surface area contributed by atoms with E-state index < -0.39 is 0 Å². The summed E-state index contributed by atoms with van der Waals surface area (Å²) in [5.41, 5.74) is 5.15. The molecule has 172 valence electrons. The molecule has 0 N–H and O–H groups in total. The van der Waals surface area contributed by atoms with E-state index in [-0.39, 0.29) is 11.5 Å². The van der Waals surface area contributed by atoms with Gasteiger partial charge < -0.3 is 14.4 Å². The molecule has 0 radical (unpaired) electrons. The number of benzene rings is 1. The molecule has 7 nitrogen and oxygen atoms in total. The zero-order valence-electron chi connectivity index (χ0n) is 19.5. The molecule has 2 fully saturated rings. The predicted molar refractivity (Wildman–Crippen MR) is 122 cm³/mol. The number of piperidine rings is 1. The standard InChI is InChI=1S/C25H34N4O3/c1-18-14-19(6-7-22(18)31-3)16-28-12-8-25(9-13-28)15-21-20(17-32-25)23(26-27(21)2)24(30)29-10-4-5-11-29/h6-7,14H,4-5,8-13,15-17H2,1-3H3. The Morgan fingerprint density at radius 3 is 2.62 bits per heavy atom. The highest BCUT2D eigenvalue weighted by atomic mass is 16.5. The molecule has 4 heterocycles. The van der Waals surface area contributed by atoms with Gasteiger partial charge in [-0.1, -0.05) is 12.1 Å². The molecule has 0 aliphatic carbocycles. The van der Waals surface area contributed by atoms with Crippen LogP contribution in [0.1, 0.15) is 58.6 Å². The first-order valence-corrected chi connectivity index (χ1v) is 11.8. The van der Waals surface area contributed by atoms with Crippen molar-refractivity contribution in [2.45, 2.75) is 57.8 Å². The Bertz CT molecular complexity index is 1000. The van der Waals surface area contributed by atoms with E-state index in [1.165, 1.54) is 16.8 Å². The molecule has 2 aromatic rings. The molecular weight excluding hydrogens is 404 g/mol. The van der Waals surface area contributed by atoms with Gasteiger partial charge in [0.05, 0.1) is 19.3 Å². The third-order valence-electron chi connectivity index (χ3n) is 7.52. The van der Waals surface area contributed by atoms with E-state index >= 15 is 0 Å². The number of fused-ring (bicyclic) bond motifs is 1. The van der Waals surface area contributed by atoms with E-state index in [1.807, 2.05) is 16.6 Å². The van der Waals surface area contributed by atoms with Crippen LogP contribution in [-0.4, -0.2) is 64.4 Å². The van der Waals surface area contributed by atoms with Crippen LogP contribution in [0.5, 0.6) is 5.75 Å². The predicted octanol–water partition coefficient (Wildman–Crippen LogP) is 3.08. The number of carbonyl (C=O) groups excluding carboxylic acids is 1. The smallest absolute Gasteiger partial charge is 0.274 e. The Morgan fingerprint density at radius 2 is 1.94 bits per heavy atom. The summed E-state index contributed by atoms with van der Waals surface area (Å²) < 4.78 is 13.8. The molecule has 0 saturated carbocycles. The van der Waals surface area contributed by atoms with Gasteiger partial charge in [0.2, 0.25) is 0 Å². The monoisotopic (exact) mass is 438 g/mol. The summed E-state index contributed by atoms with van der Waals surface area (Å²) in [5.74, 6) is 1.01. The Kier molecular flexibility index (Phi) is 5.72. The summed E-state index contributed by atoms with van der Waals surface area (Å²) in [6, 6.07) is 6.45. The maximum absolute atomic E-state index is 13.0. The van der Waals surface area contributed by atoms with Crippen LogP contribution in [0.25, 0.3) is 0 Å². The number of likely N-dealkylation sites (tertiary alicyclic amines) is 2. The molecule has 3 aliphatic heterocycles. The molecule has 2 saturated heterocycles. The zero-order valence-corrected chi connectivity index (χ0v) is 19.5. The first-order valence-electron chi connectivity index (χ1n) is 11.8. The van der Waals surface area contributed by atoms with Crippen molar-refractivity contribution in [2.24, 2.45) is 7.05 Å². The number of rotatable bonds is 4. The minimum absolute atomic E-state index is 0.0727. The van der Waals surface area contributed by atoms with Crippen LogP contribution in [0.3, 0.4) is 0 Å². The fourth-order valence-electron chi connectivity index (χ4n) is 5.54. The molecule has 1 aromatic carbocycles. The van der Waals surface area contributed by atoms with E-state index in [0.717, 1.165) is 76.1 Å². The van der Waals surface area contributed by atoms with Crippen molar-refractivity contribution in [3.63, 3.8) is 0 Å². The number of carbonyl (C=O) groups is 1. The van der Waals surface area contributed by atoms with Crippen LogP contribution in [0, 0.1) is 6.92 Å². The minimum Gasteiger partial charge on any atom is -0.496 e. The van der Waals surface area contributed by atoms with Gasteiger partial charge in [0.25, 0.3) is 5.91 Å². The van der Waals surface area contributed by atoms with E-state index in [9.17, 15) is 4.79 Å². The van der Waals surface area contributed by atoms with E-state index in [0.29, 0.717) is 12.3 Å². The highest BCUT2D eigenvalue weighted by Crippen LogP contribution is 2.38. The molecule has 32 heavy (non-hydrogen) atoms. The maximum Gasteiger partial charge on any atom is 0.274 e. The number of hydrogen-bond donors (Lipinski definition) is 0. The lowest BCUT2D eigenvalue weighted by atomic mass is 9.83. The van der Waals surface area contributed by atoms with Gasteiger partial charge in [0.1, 0.15) is 5.75 Å². The van der Waals surface area contributed by atoms with E-state index in [4.69, 9.17) is 9.47 Å². The molecule has 1 aromatic heterocycles. The summed E-state index contributed by atoms with van der Waals surface area (Å²) >= 11 is 0. The largest absolute Gasteiger partial charge is 0.496 e. The van der Waals surface area contributed by atoms with Crippen molar-refractivity contribution in [1.29, 1.82) is 0 Å². The Morgan fingerprint density at radius 1 is 1.19 bits per heavy atom. The molecule has 3 aliphatic rings. The molecule has 1 amide bonds. The second kappa shape index (κ2) is 8.52. The van der Waals surface area contributed by atoms with Crippen molar-refractivity contribution in [3.05, 3.63) is 46.3 Å². The summed E-state index contributed by atoms with van der Waals surface area (Å²) in [7, 11) is 3.69. The summed E-state index contributed by atoms with van der Waals surface area (Å²) in [6.45, 7) is 7.26. The first kappa shape index (κ1) is 21.5. The van der Waals surface area contributed by atoms with Crippen LogP contribution >= 0.6 is 0 Å². The minimum atomic E-state index is -0.138. The number of aromatic nitrogens is 2. The van der Waals surface area contributed by atoms with Gasteiger partial charge in [-0.3, -0.25) is 14.4 Å². The Labute approximate surface area is 190 Å². The molecular formula is C25H34N4O3. The number of aryl methyl sites for hydroxylation is 2. The third kappa shape index (κ3) is 3.92. The van der Waals surface area contributed by atoms with E-state index in [1.54, 1.807) is 7.11 Å². The van der Waals surface area contributed by atoms with Crippen molar-refractivity contribution >= 4 is 5.91 Å². The highest BCUT2D eigenvalue weighted by Gasteiger charge is 2.42. The lowest BCUT2D eigenvalue weighted by molar-refractivity contribution is -0.104. The quantitative estimate of drug-likeness (QED) is 0.734. The van der Waals surface area contributed by atoms with Crippen molar-refractivity contribution < 1.29 is 14.3 Å². The van der Waals surface area contributed by atoms with E-state index in [2.05, 4.69) is 35.1 Å². The van der Waals surface area contributed by atoms with Crippen molar-refractivity contribution in [2.75, 3.05) is 33.3 Å². The number of nitrogens with zero attached hydrogens (tertiary/aromatic N) is 4. The SMILES string of the molecule is COc1ccc(CN2CCC3(CC2)Cc2c(c(C(=O)N4CCCC4)nn2C)CO3)cc1C. The third-order valence-corrected chi connectivity index (χ3v) is 7.52. The maximum atomic E-state index is 13.0. The fraction of sp³-hybridized carbons (Fsp3) is 0.600. The van der Waals surface area contributed by atoms with Gasteiger partial charge in [-0.05, 0) is 49.8 Å². The van der Waals surface area contributed by atoms with Crippen molar-refractivity contribution in [3.8, 4) is 5.75 Å². The summed E-state index contributed by atoms with van der Waals surface area (Å²) in [6.07, 6.45) is 5.03. The van der Waals surface area contributed by atoms with Crippen LogP contribution in [-0.2, 0) is 31.4 Å². The average Bonchev–Trinajstić information content (AvgIpc) is 3.44. The van der Waals surface area contributed by atoms with Crippen LogP contribution in [0.15, 0.2) is 18.2 Å². The molecule has 0 unspecified atom stereocenters. The molecule has 0 bridgehead atoms. The number of ether oxygens (including phenoxy) is 2. The normalized spacial score (nSPS) is 20.5. The first-order chi connectivity index (χ1) is 15.5. The lowest BCUT2D eigenvalue weighted by Gasteiger charge is -2.44.